The van der Waals surface area contributed by atoms with E-state index in [1.54, 1.807) is 0 Å². The average molecular weight is 362 g/mol. The minimum absolute atomic E-state index is 0.00958. The lowest BCUT2D eigenvalue weighted by Crippen LogP contribution is -2.57. The number of hydrogen-bond acceptors (Lipinski definition) is 4. The lowest BCUT2D eigenvalue weighted by atomic mass is 9.83. The first-order valence-electron chi connectivity index (χ1n) is 9.62. The zero-order valence-electron chi connectivity index (χ0n) is 14.7. The maximum Gasteiger partial charge on any atom is 0.208 e. The van der Waals surface area contributed by atoms with Crippen LogP contribution in [0.25, 0.3) is 10.1 Å². The molecule has 0 N–H and O–H groups in total. The van der Waals surface area contributed by atoms with Gasteiger partial charge in [0.2, 0.25) is 6.23 Å². The molecule has 5 heterocycles. The molecule has 4 aliphatic rings. The molecule has 2 aromatic carbocycles. The molecule has 3 nitrogen and oxygen atoms in total. The summed E-state index contributed by atoms with van der Waals surface area (Å²) < 4.78 is 7.86. The molecule has 7 rings (SSSR count). The predicted molar refractivity (Wildman–Crippen MR) is 107 cm³/mol. The van der Waals surface area contributed by atoms with Crippen LogP contribution < -0.4 is 9.64 Å². The number of nitrogens with zero attached hydrogens (tertiary/aromatic N) is 2. The van der Waals surface area contributed by atoms with Crippen LogP contribution in [0.4, 0.5) is 5.69 Å². The van der Waals surface area contributed by atoms with Crippen LogP contribution >= 0.6 is 11.3 Å². The predicted octanol–water partition coefficient (Wildman–Crippen LogP) is 4.89. The first kappa shape index (κ1) is 15.1. The molecule has 1 unspecified atom stereocenters. The van der Waals surface area contributed by atoms with Crippen LogP contribution in [0, 0.1) is 5.92 Å². The number of para-hydroxylation sites is 2. The topological polar surface area (TPSA) is 15.7 Å². The van der Waals surface area contributed by atoms with Gasteiger partial charge < -0.3 is 14.5 Å². The maximum absolute atomic E-state index is 6.51. The lowest BCUT2D eigenvalue weighted by Gasteiger charge is -2.49. The van der Waals surface area contributed by atoms with Crippen molar-refractivity contribution in [1.29, 1.82) is 0 Å². The highest BCUT2D eigenvalue weighted by molar-refractivity contribution is 7.19. The van der Waals surface area contributed by atoms with E-state index >= 15 is 0 Å². The number of hydrogen-bond donors (Lipinski definition) is 0. The normalized spacial score (nSPS) is 29.8. The summed E-state index contributed by atoms with van der Waals surface area (Å²) in [6, 6.07) is 20.1. The van der Waals surface area contributed by atoms with Crippen LogP contribution in [0.2, 0.25) is 0 Å². The number of benzene rings is 2. The van der Waals surface area contributed by atoms with Gasteiger partial charge in [0, 0.05) is 17.3 Å². The summed E-state index contributed by atoms with van der Waals surface area (Å²) in [5, 5.41) is 1.32. The van der Waals surface area contributed by atoms with Gasteiger partial charge in [-0.3, -0.25) is 0 Å². The SMILES string of the molecule is c1ccc2c(c1)O[C@@H](c1cc3ccccc3s1)N2C1CN2CCC1CC2. The minimum Gasteiger partial charge on any atom is -0.463 e. The van der Waals surface area contributed by atoms with E-state index in [0.29, 0.717) is 6.04 Å². The standard InChI is InChI=1S/C22H22N2OS/c1-4-8-20-16(5-1)13-21(26-20)22-24(17-6-2-3-7-19(17)25-22)18-14-23-11-9-15(18)10-12-23/h1-8,13,15,18,22H,9-12,14H2/t18?,22-/m0/s1. The molecule has 132 valence electrons. The van der Waals surface area contributed by atoms with Crippen molar-refractivity contribution in [2.24, 2.45) is 5.92 Å². The van der Waals surface area contributed by atoms with Crippen LogP contribution in [0.15, 0.2) is 54.6 Å². The van der Waals surface area contributed by atoms with Gasteiger partial charge in [-0.05, 0) is 61.5 Å². The smallest absolute Gasteiger partial charge is 0.208 e. The van der Waals surface area contributed by atoms with Crippen LogP contribution in [-0.4, -0.2) is 30.6 Å². The summed E-state index contributed by atoms with van der Waals surface area (Å²) in [6.07, 6.45) is 2.65. The van der Waals surface area contributed by atoms with Gasteiger partial charge in [0.1, 0.15) is 5.75 Å². The van der Waals surface area contributed by atoms with Gasteiger partial charge in [-0.1, -0.05) is 30.3 Å². The summed E-state index contributed by atoms with van der Waals surface area (Å²) >= 11 is 1.87. The molecule has 2 bridgehead atoms. The van der Waals surface area contributed by atoms with Crippen molar-refractivity contribution in [2.75, 3.05) is 24.5 Å². The van der Waals surface area contributed by atoms with E-state index in [1.165, 1.54) is 53.1 Å². The molecule has 26 heavy (non-hydrogen) atoms. The van der Waals surface area contributed by atoms with Crippen LogP contribution in [0.1, 0.15) is 23.9 Å². The molecule has 3 fully saturated rings. The van der Waals surface area contributed by atoms with E-state index in [0.717, 1.165) is 11.7 Å². The summed E-state index contributed by atoms with van der Waals surface area (Å²) in [7, 11) is 0. The monoisotopic (exact) mass is 362 g/mol. The minimum atomic E-state index is 0.00958. The zero-order chi connectivity index (χ0) is 17.1. The number of anilines is 1. The maximum atomic E-state index is 6.51. The van der Waals surface area contributed by atoms with Crippen LogP contribution in [-0.2, 0) is 0 Å². The molecule has 0 amide bonds. The molecule has 0 saturated carbocycles. The fraction of sp³-hybridized carbons (Fsp3) is 0.364. The van der Waals surface area contributed by atoms with Crippen molar-refractivity contribution < 1.29 is 4.74 Å². The van der Waals surface area contributed by atoms with Gasteiger partial charge in [-0.2, -0.15) is 0 Å². The summed E-state index contributed by atoms with van der Waals surface area (Å²) in [4.78, 5) is 6.54. The third-order valence-corrected chi connectivity index (χ3v) is 7.45. The first-order chi connectivity index (χ1) is 12.9. The van der Waals surface area contributed by atoms with Crippen molar-refractivity contribution in [3.63, 3.8) is 0 Å². The second kappa shape index (κ2) is 5.73. The summed E-state index contributed by atoms with van der Waals surface area (Å²) in [5.74, 6) is 1.82. The van der Waals surface area contributed by atoms with Crippen LogP contribution in [0.5, 0.6) is 5.75 Å². The molecule has 2 atom stereocenters. The number of ether oxygens (including phenoxy) is 1. The van der Waals surface area contributed by atoms with Gasteiger partial charge in [0.15, 0.2) is 0 Å². The molecule has 0 radical (unpaired) electrons. The molecular formula is C22H22N2OS. The molecule has 0 aliphatic carbocycles. The Hall–Kier alpha value is -2.04. The summed E-state index contributed by atoms with van der Waals surface area (Å²) in [5.41, 5.74) is 1.27. The molecule has 4 aliphatic heterocycles. The molecule has 0 spiro atoms. The van der Waals surface area contributed by atoms with Crippen molar-refractivity contribution in [3.8, 4) is 5.75 Å². The first-order valence-corrected chi connectivity index (χ1v) is 10.4. The van der Waals surface area contributed by atoms with Gasteiger partial charge in [0.25, 0.3) is 0 Å². The fourth-order valence-electron chi connectivity index (χ4n) is 4.99. The van der Waals surface area contributed by atoms with E-state index in [9.17, 15) is 0 Å². The van der Waals surface area contributed by atoms with Gasteiger partial charge in [-0.15, -0.1) is 11.3 Å². The Morgan fingerprint density at radius 1 is 0.962 bits per heavy atom. The van der Waals surface area contributed by atoms with Crippen LogP contribution in [0.3, 0.4) is 0 Å². The van der Waals surface area contributed by atoms with Gasteiger partial charge in [-0.25, -0.2) is 0 Å². The van der Waals surface area contributed by atoms with Crippen molar-refractivity contribution in [1.82, 2.24) is 4.90 Å². The van der Waals surface area contributed by atoms with E-state index in [2.05, 4.69) is 64.4 Å². The Labute approximate surface area is 157 Å². The average Bonchev–Trinajstić information content (AvgIpc) is 3.30. The highest BCUT2D eigenvalue weighted by Gasteiger charge is 2.44. The lowest BCUT2D eigenvalue weighted by molar-refractivity contribution is 0.0705. The Morgan fingerprint density at radius 2 is 1.77 bits per heavy atom. The quantitative estimate of drug-likeness (QED) is 0.645. The van der Waals surface area contributed by atoms with Crippen molar-refractivity contribution >= 4 is 27.1 Å². The molecule has 3 aromatic rings. The van der Waals surface area contributed by atoms with Crippen molar-refractivity contribution in [3.05, 3.63) is 59.5 Å². The highest BCUT2D eigenvalue weighted by atomic mass is 32.1. The van der Waals surface area contributed by atoms with E-state index in [-0.39, 0.29) is 6.23 Å². The molecule has 1 aromatic heterocycles. The number of piperidine rings is 3. The third kappa shape index (κ3) is 2.22. The second-order valence-corrected chi connectivity index (χ2v) is 8.85. The Balaban J connectivity index is 1.45. The third-order valence-electron chi connectivity index (χ3n) is 6.30. The molecular weight excluding hydrogens is 340 g/mol. The molecule has 3 saturated heterocycles. The van der Waals surface area contributed by atoms with Gasteiger partial charge in [0.05, 0.1) is 10.6 Å². The second-order valence-electron chi connectivity index (χ2n) is 7.74. The largest absolute Gasteiger partial charge is 0.463 e. The molecule has 4 heteroatoms. The Morgan fingerprint density at radius 3 is 2.58 bits per heavy atom. The van der Waals surface area contributed by atoms with E-state index in [1.807, 2.05) is 11.3 Å². The van der Waals surface area contributed by atoms with E-state index in [4.69, 9.17) is 4.74 Å². The Kier molecular flexibility index (Phi) is 3.32. The van der Waals surface area contributed by atoms with Crippen molar-refractivity contribution in [2.45, 2.75) is 25.1 Å². The highest BCUT2D eigenvalue weighted by Crippen LogP contribution is 2.49. The van der Waals surface area contributed by atoms with Gasteiger partial charge >= 0.3 is 0 Å². The fourth-order valence-corrected chi connectivity index (χ4v) is 6.09. The number of thiophene rings is 1. The zero-order valence-corrected chi connectivity index (χ0v) is 15.5. The number of rotatable bonds is 2. The van der Waals surface area contributed by atoms with E-state index < -0.39 is 0 Å². The summed E-state index contributed by atoms with van der Waals surface area (Å²) in [6.45, 7) is 3.71. The number of fused-ring (bicyclic) bond motifs is 5. The Bertz CT molecular complexity index is 926.